The second kappa shape index (κ2) is 4.65. The average Bonchev–Trinajstić information content (AvgIpc) is 2.60. The molecule has 1 aromatic carbocycles. The van der Waals surface area contributed by atoms with Gasteiger partial charge in [-0.3, -0.25) is 0 Å². The molecule has 0 spiro atoms. The van der Waals surface area contributed by atoms with Gasteiger partial charge >= 0.3 is 0 Å². The Morgan fingerprint density at radius 1 is 1.33 bits per heavy atom. The Morgan fingerprint density at radius 3 is 2.50 bits per heavy atom. The van der Waals surface area contributed by atoms with E-state index in [9.17, 15) is 0 Å². The standard InChI is InChI=1S/C13H17BrN4/c1-7(2)13-17-11(12(15)18(13)16)9-5-4-8(3)10(14)6-9/h4-7H,15-16H2,1-3H3. The van der Waals surface area contributed by atoms with E-state index in [0.717, 1.165) is 21.6 Å². The van der Waals surface area contributed by atoms with Gasteiger partial charge in [-0.25, -0.2) is 9.66 Å². The summed E-state index contributed by atoms with van der Waals surface area (Å²) in [6, 6.07) is 6.05. The first kappa shape index (κ1) is 13.0. The van der Waals surface area contributed by atoms with Gasteiger partial charge in [0.2, 0.25) is 0 Å². The van der Waals surface area contributed by atoms with Crippen LogP contribution in [0.3, 0.4) is 0 Å². The van der Waals surface area contributed by atoms with E-state index in [1.165, 1.54) is 10.2 Å². The Hall–Kier alpha value is -1.49. The molecule has 0 saturated carbocycles. The molecule has 4 N–H and O–H groups in total. The van der Waals surface area contributed by atoms with Crippen molar-refractivity contribution >= 4 is 21.7 Å². The number of benzene rings is 1. The third-order valence-corrected chi connectivity index (χ3v) is 3.79. The maximum atomic E-state index is 6.02. The normalized spacial score (nSPS) is 11.2. The van der Waals surface area contributed by atoms with E-state index in [-0.39, 0.29) is 5.92 Å². The zero-order chi connectivity index (χ0) is 13.4. The number of aryl methyl sites for hydroxylation is 1. The maximum Gasteiger partial charge on any atom is 0.150 e. The first-order valence-corrected chi connectivity index (χ1v) is 6.60. The quantitative estimate of drug-likeness (QED) is 0.838. The molecule has 0 saturated heterocycles. The van der Waals surface area contributed by atoms with Crippen LogP contribution in [-0.2, 0) is 0 Å². The summed E-state index contributed by atoms with van der Waals surface area (Å²) in [6.45, 7) is 6.12. The highest BCUT2D eigenvalue weighted by molar-refractivity contribution is 9.10. The van der Waals surface area contributed by atoms with Crippen LogP contribution < -0.4 is 11.6 Å². The summed E-state index contributed by atoms with van der Waals surface area (Å²) < 4.78 is 2.50. The molecule has 2 rings (SSSR count). The summed E-state index contributed by atoms with van der Waals surface area (Å²) in [6.07, 6.45) is 0. The van der Waals surface area contributed by atoms with Gasteiger partial charge < -0.3 is 11.6 Å². The van der Waals surface area contributed by atoms with Crippen LogP contribution in [0.2, 0.25) is 0 Å². The van der Waals surface area contributed by atoms with Crippen molar-refractivity contribution in [3.8, 4) is 11.3 Å². The van der Waals surface area contributed by atoms with Crippen molar-refractivity contribution in [1.82, 2.24) is 9.66 Å². The number of nitrogens with zero attached hydrogens (tertiary/aromatic N) is 2. The molecule has 5 heteroatoms. The topological polar surface area (TPSA) is 69.9 Å². The van der Waals surface area contributed by atoms with Crippen LogP contribution in [0.1, 0.15) is 31.2 Å². The molecule has 1 heterocycles. The van der Waals surface area contributed by atoms with Crippen LogP contribution in [0.5, 0.6) is 0 Å². The number of rotatable bonds is 2. The molecule has 0 radical (unpaired) electrons. The number of anilines is 1. The SMILES string of the molecule is Cc1ccc(-c2nc(C(C)C)n(N)c2N)cc1Br. The van der Waals surface area contributed by atoms with Gasteiger partial charge in [-0.05, 0) is 18.6 Å². The third kappa shape index (κ3) is 2.10. The van der Waals surface area contributed by atoms with Gasteiger partial charge in [0.25, 0.3) is 0 Å². The molecule has 0 fully saturated rings. The van der Waals surface area contributed by atoms with Crippen molar-refractivity contribution in [3.63, 3.8) is 0 Å². The highest BCUT2D eigenvalue weighted by Crippen LogP contribution is 2.30. The Labute approximate surface area is 115 Å². The lowest BCUT2D eigenvalue weighted by Gasteiger charge is -2.04. The van der Waals surface area contributed by atoms with Crippen LogP contribution >= 0.6 is 15.9 Å². The molecule has 0 atom stereocenters. The van der Waals surface area contributed by atoms with E-state index >= 15 is 0 Å². The molecular weight excluding hydrogens is 292 g/mol. The molecule has 0 aliphatic carbocycles. The summed E-state index contributed by atoms with van der Waals surface area (Å²) >= 11 is 3.52. The minimum Gasteiger partial charge on any atom is -0.382 e. The van der Waals surface area contributed by atoms with Crippen molar-refractivity contribution in [3.05, 3.63) is 34.1 Å². The van der Waals surface area contributed by atoms with Gasteiger partial charge in [0.1, 0.15) is 11.5 Å². The molecule has 4 nitrogen and oxygen atoms in total. The van der Waals surface area contributed by atoms with Crippen molar-refractivity contribution < 1.29 is 0 Å². The Kier molecular flexibility index (Phi) is 3.34. The number of nitrogens with two attached hydrogens (primary N) is 2. The number of halogens is 1. The fraction of sp³-hybridized carbons (Fsp3) is 0.308. The number of hydrogen-bond donors (Lipinski definition) is 2. The fourth-order valence-corrected chi connectivity index (χ4v) is 2.20. The first-order valence-electron chi connectivity index (χ1n) is 5.81. The van der Waals surface area contributed by atoms with Crippen molar-refractivity contribution in [2.24, 2.45) is 0 Å². The molecule has 0 bridgehead atoms. The Balaban J connectivity index is 2.57. The summed E-state index contributed by atoms with van der Waals surface area (Å²) in [5, 5.41) is 0. The Morgan fingerprint density at radius 2 is 2.00 bits per heavy atom. The molecular formula is C13H17BrN4. The fourth-order valence-electron chi connectivity index (χ4n) is 1.82. The largest absolute Gasteiger partial charge is 0.382 e. The maximum absolute atomic E-state index is 6.02. The number of aromatic nitrogens is 2. The van der Waals surface area contributed by atoms with Crippen molar-refractivity contribution in [2.45, 2.75) is 26.7 Å². The zero-order valence-electron chi connectivity index (χ0n) is 10.7. The molecule has 0 aliphatic rings. The molecule has 0 aliphatic heterocycles. The monoisotopic (exact) mass is 308 g/mol. The predicted molar refractivity (Wildman–Crippen MR) is 78.8 cm³/mol. The van der Waals surface area contributed by atoms with Crippen molar-refractivity contribution in [2.75, 3.05) is 11.6 Å². The summed E-state index contributed by atoms with van der Waals surface area (Å²) in [5.41, 5.74) is 8.90. The summed E-state index contributed by atoms with van der Waals surface area (Å²) in [4.78, 5) is 4.54. The molecule has 0 unspecified atom stereocenters. The van der Waals surface area contributed by atoms with Gasteiger partial charge in [0.05, 0.1) is 0 Å². The number of imidazole rings is 1. The van der Waals surface area contributed by atoms with Crippen LogP contribution in [0.4, 0.5) is 5.82 Å². The highest BCUT2D eigenvalue weighted by atomic mass is 79.9. The smallest absolute Gasteiger partial charge is 0.150 e. The van der Waals surface area contributed by atoms with E-state index < -0.39 is 0 Å². The van der Waals surface area contributed by atoms with Crippen LogP contribution in [0.15, 0.2) is 22.7 Å². The van der Waals surface area contributed by atoms with Gasteiger partial charge in [0, 0.05) is 16.0 Å². The van der Waals surface area contributed by atoms with Gasteiger partial charge in [0.15, 0.2) is 5.82 Å². The van der Waals surface area contributed by atoms with Gasteiger partial charge in [-0.1, -0.05) is 41.9 Å². The van der Waals surface area contributed by atoms with E-state index in [0.29, 0.717) is 5.82 Å². The van der Waals surface area contributed by atoms with Gasteiger partial charge in [-0.15, -0.1) is 0 Å². The average molecular weight is 309 g/mol. The minimum absolute atomic E-state index is 0.236. The Bertz CT molecular complexity index is 587. The first-order chi connectivity index (χ1) is 8.41. The molecule has 18 heavy (non-hydrogen) atoms. The van der Waals surface area contributed by atoms with Crippen LogP contribution in [-0.4, -0.2) is 9.66 Å². The number of hydrogen-bond acceptors (Lipinski definition) is 3. The molecule has 96 valence electrons. The number of nitrogen functional groups attached to an aromatic ring is 2. The molecule has 0 amide bonds. The van der Waals surface area contributed by atoms with E-state index in [4.69, 9.17) is 11.6 Å². The predicted octanol–water partition coefficient (Wildman–Crippen LogP) is 3.04. The van der Waals surface area contributed by atoms with Gasteiger partial charge in [-0.2, -0.15) is 0 Å². The lowest BCUT2D eigenvalue weighted by molar-refractivity contribution is 0.739. The zero-order valence-corrected chi connectivity index (χ0v) is 12.3. The van der Waals surface area contributed by atoms with Crippen molar-refractivity contribution in [1.29, 1.82) is 0 Å². The summed E-state index contributed by atoms with van der Waals surface area (Å²) in [7, 11) is 0. The third-order valence-electron chi connectivity index (χ3n) is 2.94. The highest BCUT2D eigenvalue weighted by Gasteiger charge is 2.17. The van der Waals surface area contributed by atoms with Crippen LogP contribution in [0, 0.1) is 6.92 Å². The second-order valence-corrected chi connectivity index (χ2v) is 5.55. The lowest BCUT2D eigenvalue weighted by Crippen LogP contribution is -2.16. The molecule has 2 aromatic rings. The lowest BCUT2D eigenvalue weighted by atomic mass is 10.1. The van der Waals surface area contributed by atoms with Crippen LogP contribution in [0.25, 0.3) is 11.3 Å². The minimum atomic E-state index is 0.236. The van der Waals surface area contributed by atoms with E-state index in [1.807, 2.05) is 39.0 Å². The van der Waals surface area contributed by atoms with E-state index in [1.54, 1.807) is 0 Å². The molecule has 1 aromatic heterocycles. The second-order valence-electron chi connectivity index (χ2n) is 4.69. The summed E-state index contributed by atoms with van der Waals surface area (Å²) in [5.74, 6) is 7.45. The van der Waals surface area contributed by atoms with E-state index in [2.05, 4.69) is 20.9 Å².